The van der Waals surface area contributed by atoms with Gasteiger partial charge in [0, 0.05) is 6.04 Å². The van der Waals surface area contributed by atoms with Crippen molar-refractivity contribution in [3.05, 3.63) is 0 Å². The Morgan fingerprint density at radius 1 is 1.33 bits per heavy atom. The number of carbonyl (C=O) groups excluding carboxylic acids is 1. The maximum absolute atomic E-state index is 11.5. The average molecular weight is 213 g/mol. The number of nitrogens with two attached hydrogens (primary N) is 1. The van der Waals surface area contributed by atoms with E-state index in [4.69, 9.17) is 10.5 Å². The Morgan fingerprint density at radius 3 is 2.40 bits per heavy atom. The Bertz CT molecular complexity index is 198. The number of hydrogen-bond donors (Lipinski definition) is 1. The monoisotopic (exact) mass is 213 g/mol. The van der Waals surface area contributed by atoms with Gasteiger partial charge in [0.15, 0.2) is 0 Å². The molecule has 2 N–H and O–H groups in total. The Kier molecular flexibility index (Phi) is 5.09. The number of esters is 1. The highest BCUT2D eigenvalue weighted by Gasteiger charge is 2.29. The van der Waals surface area contributed by atoms with Gasteiger partial charge in [-0.15, -0.1) is 0 Å². The van der Waals surface area contributed by atoms with Gasteiger partial charge in [-0.05, 0) is 44.9 Å². The van der Waals surface area contributed by atoms with Crippen molar-refractivity contribution in [1.82, 2.24) is 0 Å². The molecule has 0 aliphatic heterocycles. The van der Waals surface area contributed by atoms with E-state index in [1.807, 2.05) is 6.92 Å². The number of hydrogen-bond acceptors (Lipinski definition) is 3. The summed E-state index contributed by atoms with van der Waals surface area (Å²) in [6, 6.07) is 0.313. The van der Waals surface area contributed by atoms with Crippen LogP contribution in [0.1, 0.15) is 46.0 Å². The molecule has 0 radical (unpaired) electrons. The predicted molar refractivity (Wildman–Crippen MR) is 60.3 cm³/mol. The van der Waals surface area contributed by atoms with Crippen LogP contribution in [0.15, 0.2) is 0 Å². The quantitative estimate of drug-likeness (QED) is 0.727. The molecular weight excluding hydrogens is 190 g/mol. The molecule has 1 fully saturated rings. The number of carbonyl (C=O) groups is 1. The molecule has 0 bridgehead atoms. The predicted octanol–water partition coefficient (Wildman–Crippen LogP) is 2.09. The van der Waals surface area contributed by atoms with Crippen LogP contribution in [0.25, 0.3) is 0 Å². The van der Waals surface area contributed by atoms with Gasteiger partial charge in [0.2, 0.25) is 0 Å². The Hall–Kier alpha value is -0.570. The first-order chi connectivity index (χ1) is 7.19. The van der Waals surface area contributed by atoms with Crippen molar-refractivity contribution in [1.29, 1.82) is 0 Å². The topological polar surface area (TPSA) is 52.3 Å². The molecule has 0 amide bonds. The summed E-state index contributed by atoms with van der Waals surface area (Å²) >= 11 is 0. The minimum atomic E-state index is -0.0129. The van der Waals surface area contributed by atoms with Crippen LogP contribution < -0.4 is 5.73 Å². The van der Waals surface area contributed by atoms with Crippen molar-refractivity contribution >= 4 is 5.97 Å². The Labute approximate surface area is 92.4 Å². The molecular formula is C12H23NO2. The maximum Gasteiger partial charge on any atom is 0.308 e. The summed E-state index contributed by atoms with van der Waals surface area (Å²) in [6.07, 6.45) is 5.11. The van der Waals surface area contributed by atoms with Gasteiger partial charge in [0.05, 0.1) is 12.5 Å². The molecule has 0 unspecified atom stereocenters. The van der Waals surface area contributed by atoms with Gasteiger partial charge in [0.25, 0.3) is 0 Å². The van der Waals surface area contributed by atoms with E-state index in [1.165, 1.54) is 0 Å². The van der Waals surface area contributed by atoms with Crippen molar-refractivity contribution in [2.24, 2.45) is 17.6 Å². The minimum absolute atomic E-state index is 0.0129. The molecule has 0 spiro atoms. The van der Waals surface area contributed by atoms with E-state index in [2.05, 4.69) is 6.92 Å². The Balaban J connectivity index is 2.32. The molecule has 3 heteroatoms. The molecule has 1 rings (SSSR count). The van der Waals surface area contributed by atoms with Crippen LogP contribution in [0.5, 0.6) is 0 Å². The van der Waals surface area contributed by atoms with Crippen molar-refractivity contribution in [3.8, 4) is 0 Å². The molecule has 88 valence electrons. The first-order valence-corrected chi connectivity index (χ1v) is 6.11. The van der Waals surface area contributed by atoms with Gasteiger partial charge in [-0.25, -0.2) is 0 Å². The molecule has 0 saturated heterocycles. The molecule has 1 atom stereocenters. The second-order valence-electron chi connectivity index (χ2n) is 4.44. The van der Waals surface area contributed by atoms with Crippen molar-refractivity contribution < 1.29 is 9.53 Å². The van der Waals surface area contributed by atoms with Crippen molar-refractivity contribution in [2.75, 3.05) is 6.61 Å². The summed E-state index contributed by atoms with van der Waals surface area (Å²) in [6.45, 7) is 4.48. The summed E-state index contributed by atoms with van der Waals surface area (Å²) in [5.41, 5.74) is 6.01. The smallest absolute Gasteiger partial charge is 0.308 e. The van der Waals surface area contributed by atoms with E-state index in [1.54, 1.807) is 0 Å². The minimum Gasteiger partial charge on any atom is -0.466 e. The molecule has 3 nitrogen and oxygen atoms in total. The zero-order valence-corrected chi connectivity index (χ0v) is 9.87. The third-order valence-electron chi connectivity index (χ3n) is 3.47. The summed E-state index contributed by atoms with van der Waals surface area (Å²) in [5, 5.41) is 0. The lowest BCUT2D eigenvalue weighted by atomic mass is 9.78. The van der Waals surface area contributed by atoms with Gasteiger partial charge >= 0.3 is 5.97 Å². The normalized spacial score (nSPS) is 28.5. The van der Waals surface area contributed by atoms with Gasteiger partial charge in [0.1, 0.15) is 0 Å². The highest BCUT2D eigenvalue weighted by molar-refractivity contribution is 5.72. The standard InChI is InChI=1S/C12H23NO2/c1-3-11(13)9-5-7-10(8-6-9)12(14)15-4-2/h9-11H,3-8,13H2,1-2H3/t9?,10?,11-/m1/s1. The fraction of sp³-hybridized carbons (Fsp3) is 0.917. The van der Waals surface area contributed by atoms with Gasteiger partial charge in [-0.2, -0.15) is 0 Å². The van der Waals surface area contributed by atoms with Crippen LogP contribution in [0, 0.1) is 11.8 Å². The van der Waals surface area contributed by atoms with E-state index in [9.17, 15) is 4.79 Å². The van der Waals surface area contributed by atoms with Gasteiger partial charge in [-0.1, -0.05) is 6.92 Å². The summed E-state index contributed by atoms with van der Waals surface area (Å²) in [5.74, 6) is 0.729. The molecule has 0 aromatic rings. The van der Waals surface area contributed by atoms with Gasteiger partial charge in [-0.3, -0.25) is 4.79 Å². The van der Waals surface area contributed by atoms with Crippen LogP contribution >= 0.6 is 0 Å². The SMILES string of the molecule is CCOC(=O)C1CCC([C@H](N)CC)CC1. The highest BCUT2D eigenvalue weighted by Crippen LogP contribution is 2.31. The lowest BCUT2D eigenvalue weighted by Crippen LogP contribution is -2.34. The summed E-state index contributed by atoms with van der Waals surface area (Å²) < 4.78 is 5.03. The fourth-order valence-electron chi connectivity index (χ4n) is 2.38. The lowest BCUT2D eigenvalue weighted by Gasteiger charge is -2.30. The zero-order chi connectivity index (χ0) is 11.3. The molecule has 0 aromatic heterocycles. The van der Waals surface area contributed by atoms with Gasteiger partial charge < -0.3 is 10.5 Å². The molecule has 15 heavy (non-hydrogen) atoms. The van der Waals surface area contributed by atoms with Crippen LogP contribution in [-0.2, 0) is 9.53 Å². The Morgan fingerprint density at radius 2 is 1.93 bits per heavy atom. The van der Waals surface area contributed by atoms with Crippen molar-refractivity contribution in [2.45, 2.75) is 52.0 Å². The molecule has 0 heterocycles. The summed E-state index contributed by atoms with van der Waals surface area (Å²) in [7, 11) is 0. The first-order valence-electron chi connectivity index (χ1n) is 6.11. The number of rotatable bonds is 4. The van der Waals surface area contributed by atoms with E-state index in [-0.39, 0.29) is 11.9 Å². The van der Waals surface area contributed by atoms with Crippen LogP contribution in [0.2, 0.25) is 0 Å². The van der Waals surface area contributed by atoms with E-state index in [0.717, 1.165) is 32.1 Å². The second kappa shape index (κ2) is 6.11. The van der Waals surface area contributed by atoms with Crippen molar-refractivity contribution in [3.63, 3.8) is 0 Å². The fourth-order valence-corrected chi connectivity index (χ4v) is 2.38. The molecule has 1 aliphatic carbocycles. The van der Waals surface area contributed by atoms with E-state index in [0.29, 0.717) is 18.6 Å². The van der Waals surface area contributed by atoms with Crippen LogP contribution in [0.3, 0.4) is 0 Å². The third kappa shape index (κ3) is 3.49. The zero-order valence-electron chi connectivity index (χ0n) is 9.87. The molecule has 0 aromatic carbocycles. The van der Waals surface area contributed by atoms with E-state index >= 15 is 0 Å². The highest BCUT2D eigenvalue weighted by atomic mass is 16.5. The van der Waals surface area contributed by atoms with E-state index < -0.39 is 0 Å². The molecule has 1 aliphatic rings. The lowest BCUT2D eigenvalue weighted by molar-refractivity contribution is -0.149. The maximum atomic E-state index is 11.5. The molecule has 1 saturated carbocycles. The third-order valence-corrected chi connectivity index (χ3v) is 3.47. The van der Waals surface area contributed by atoms with Crippen LogP contribution in [0.4, 0.5) is 0 Å². The largest absolute Gasteiger partial charge is 0.466 e. The second-order valence-corrected chi connectivity index (χ2v) is 4.44. The number of ether oxygens (including phenoxy) is 1. The average Bonchev–Trinajstić information content (AvgIpc) is 2.28. The summed E-state index contributed by atoms with van der Waals surface area (Å²) in [4.78, 5) is 11.5. The first kappa shape index (κ1) is 12.5. The van der Waals surface area contributed by atoms with Crippen LogP contribution in [-0.4, -0.2) is 18.6 Å².